The van der Waals surface area contributed by atoms with Crippen LogP contribution >= 0.6 is 0 Å². The molecule has 0 aromatic carbocycles. The Kier molecular flexibility index (Phi) is 2.96. The summed E-state index contributed by atoms with van der Waals surface area (Å²) in [4.78, 5) is 12.3. The number of fused-ring (bicyclic) bond motifs is 1. The minimum absolute atomic E-state index is 0.00527. The zero-order chi connectivity index (χ0) is 14.8. The zero-order valence-corrected chi connectivity index (χ0v) is 12.7. The van der Waals surface area contributed by atoms with Gasteiger partial charge >= 0.3 is 0 Å². The molecule has 0 unspecified atom stereocenters. The van der Waals surface area contributed by atoms with E-state index in [-0.39, 0.29) is 30.0 Å². The number of aliphatic hydroxyl groups is 1. The van der Waals surface area contributed by atoms with Gasteiger partial charge in [0.25, 0.3) is 0 Å². The summed E-state index contributed by atoms with van der Waals surface area (Å²) >= 11 is 0. The molecule has 3 fully saturated rings. The molecule has 5 atom stereocenters. The Hall–Kier alpha value is -0.710. The number of allylic oxidation sites excluding steroid dienone is 1. The van der Waals surface area contributed by atoms with Gasteiger partial charge in [0.05, 0.1) is 18.3 Å². The van der Waals surface area contributed by atoms with E-state index >= 15 is 0 Å². The number of Topliss-reactive ketones (excluding diaryl/α,β-unsaturated/α-hetero) is 1. The Balaban J connectivity index is 1.83. The third-order valence-corrected chi connectivity index (χ3v) is 5.72. The number of methoxy groups -OCH3 is 1. The van der Waals surface area contributed by atoms with E-state index in [0.29, 0.717) is 6.42 Å². The summed E-state index contributed by atoms with van der Waals surface area (Å²) in [5.74, 6) is 0.131. The molecule has 3 aliphatic rings. The molecule has 0 aromatic rings. The maximum Gasteiger partial charge on any atom is 0.165 e. The van der Waals surface area contributed by atoms with Crippen LogP contribution in [0.3, 0.4) is 0 Å². The molecule has 0 bridgehead atoms. The summed E-state index contributed by atoms with van der Waals surface area (Å²) in [6.45, 7) is 6.21. The highest BCUT2D eigenvalue weighted by Gasteiger charge is 2.90. The number of hydrogen-bond acceptors (Lipinski definition) is 4. The lowest BCUT2D eigenvalue weighted by Gasteiger charge is -2.14. The Morgan fingerprint density at radius 2 is 2.25 bits per heavy atom. The third-order valence-electron chi connectivity index (χ3n) is 5.72. The molecule has 1 aliphatic heterocycles. The van der Waals surface area contributed by atoms with Crippen molar-refractivity contribution in [3.8, 4) is 0 Å². The topological polar surface area (TPSA) is 59.1 Å². The van der Waals surface area contributed by atoms with E-state index in [0.717, 1.165) is 12.8 Å². The molecule has 3 rings (SSSR count). The quantitative estimate of drug-likeness (QED) is 0.617. The average Bonchev–Trinajstić information content (AvgIpc) is 3.22. The predicted octanol–water partition coefficient (Wildman–Crippen LogP) is 1.86. The SMILES string of the molecule is CO[C@]12C(=O)CC[C@@]1(CO)[C@H]2[C@@]1(C)O[C@@H]1CC=C(C)C. The highest BCUT2D eigenvalue weighted by Crippen LogP contribution is 2.78. The average molecular weight is 280 g/mol. The second-order valence-corrected chi connectivity index (χ2v) is 6.92. The molecule has 1 saturated heterocycles. The molecular weight excluding hydrogens is 256 g/mol. The molecule has 4 heteroatoms. The summed E-state index contributed by atoms with van der Waals surface area (Å²) in [6.07, 6.45) is 4.40. The van der Waals surface area contributed by atoms with Gasteiger partial charge in [-0.3, -0.25) is 4.79 Å². The van der Waals surface area contributed by atoms with Gasteiger partial charge in [0.1, 0.15) is 5.60 Å². The number of hydrogen-bond donors (Lipinski definition) is 1. The summed E-state index contributed by atoms with van der Waals surface area (Å²) < 4.78 is 11.6. The van der Waals surface area contributed by atoms with Gasteiger partial charge in [-0.25, -0.2) is 0 Å². The second-order valence-electron chi connectivity index (χ2n) is 6.92. The Morgan fingerprint density at radius 1 is 1.55 bits per heavy atom. The van der Waals surface area contributed by atoms with Crippen LogP contribution in [0.5, 0.6) is 0 Å². The molecule has 1 heterocycles. The first-order valence-corrected chi connectivity index (χ1v) is 7.39. The van der Waals surface area contributed by atoms with Gasteiger partial charge in [-0.2, -0.15) is 0 Å². The number of ketones is 1. The van der Waals surface area contributed by atoms with E-state index in [9.17, 15) is 9.90 Å². The largest absolute Gasteiger partial charge is 0.396 e. The van der Waals surface area contributed by atoms with Gasteiger partial charge in [-0.1, -0.05) is 11.6 Å². The first-order chi connectivity index (χ1) is 9.39. The zero-order valence-electron chi connectivity index (χ0n) is 12.7. The highest BCUT2D eigenvalue weighted by atomic mass is 16.6. The number of rotatable bonds is 5. The van der Waals surface area contributed by atoms with Gasteiger partial charge in [-0.15, -0.1) is 0 Å². The van der Waals surface area contributed by atoms with E-state index < -0.39 is 11.0 Å². The van der Waals surface area contributed by atoms with Crippen molar-refractivity contribution in [3.63, 3.8) is 0 Å². The Labute approximate surface area is 120 Å². The van der Waals surface area contributed by atoms with Crippen LogP contribution in [0, 0.1) is 11.3 Å². The first-order valence-electron chi connectivity index (χ1n) is 7.39. The van der Waals surface area contributed by atoms with Crippen LogP contribution in [-0.4, -0.2) is 41.9 Å². The van der Waals surface area contributed by atoms with Crippen LogP contribution < -0.4 is 0 Å². The Bertz CT molecular complexity index is 481. The van der Waals surface area contributed by atoms with Crippen molar-refractivity contribution in [2.24, 2.45) is 11.3 Å². The number of aliphatic hydroxyl groups excluding tert-OH is 1. The van der Waals surface area contributed by atoms with E-state index in [4.69, 9.17) is 9.47 Å². The van der Waals surface area contributed by atoms with Gasteiger partial charge < -0.3 is 14.6 Å². The molecule has 20 heavy (non-hydrogen) atoms. The molecule has 112 valence electrons. The standard InChI is InChI=1S/C16H24O4/c1-10(2)5-6-12-14(3,20-12)13-15(9-17)8-7-11(18)16(13,15)19-4/h5,12-13,17H,6-9H2,1-4H3/t12-,13-,14+,15-,16+/m1/s1. The normalized spacial score (nSPS) is 49.0. The maximum atomic E-state index is 12.3. The van der Waals surface area contributed by atoms with Crippen molar-refractivity contribution in [3.05, 3.63) is 11.6 Å². The number of carbonyl (C=O) groups excluding carboxylic acids is 1. The van der Waals surface area contributed by atoms with Crippen LogP contribution in [0.1, 0.15) is 40.0 Å². The molecular formula is C16H24O4. The predicted molar refractivity (Wildman–Crippen MR) is 74.3 cm³/mol. The van der Waals surface area contributed by atoms with Crippen LogP contribution in [0.4, 0.5) is 0 Å². The van der Waals surface area contributed by atoms with Crippen molar-refractivity contribution >= 4 is 5.78 Å². The smallest absolute Gasteiger partial charge is 0.165 e. The molecule has 0 aromatic heterocycles. The summed E-state index contributed by atoms with van der Waals surface area (Å²) in [6, 6.07) is 0. The monoisotopic (exact) mass is 280 g/mol. The van der Waals surface area contributed by atoms with Gasteiger partial charge in [0.15, 0.2) is 5.78 Å². The molecule has 4 nitrogen and oxygen atoms in total. The van der Waals surface area contributed by atoms with Crippen LogP contribution in [0.25, 0.3) is 0 Å². The van der Waals surface area contributed by atoms with Gasteiger partial charge in [-0.05, 0) is 33.6 Å². The number of epoxide rings is 1. The third kappa shape index (κ3) is 1.45. The fraction of sp³-hybridized carbons (Fsp3) is 0.812. The molecule has 2 aliphatic carbocycles. The van der Waals surface area contributed by atoms with Crippen molar-refractivity contribution in [1.82, 2.24) is 0 Å². The van der Waals surface area contributed by atoms with Crippen molar-refractivity contribution in [2.45, 2.75) is 57.3 Å². The minimum atomic E-state index is -0.795. The molecule has 1 N–H and O–H groups in total. The van der Waals surface area contributed by atoms with Crippen molar-refractivity contribution in [2.75, 3.05) is 13.7 Å². The summed E-state index contributed by atoms with van der Waals surface area (Å²) in [5, 5.41) is 9.85. The fourth-order valence-electron chi connectivity index (χ4n) is 4.68. The first kappa shape index (κ1) is 14.2. The lowest BCUT2D eigenvalue weighted by molar-refractivity contribution is -0.132. The van der Waals surface area contributed by atoms with Crippen molar-refractivity contribution < 1.29 is 19.4 Å². The minimum Gasteiger partial charge on any atom is -0.396 e. The molecule has 2 saturated carbocycles. The van der Waals surface area contributed by atoms with Gasteiger partial charge in [0, 0.05) is 24.9 Å². The van der Waals surface area contributed by atoms with Crippen LogP contribution in [-0.2, 0) is 14.3 Å². The second kappa shape index (κ2) is 4.15. The molecule has 0 spiro atoms. The fourth-order valence-corrected chi connectivity index (χ4v) is 4.68. The molecule has 0 amide bonds. The van der Waals surface area contributed by atoms with Crippen LogP contribution in [0.2, 0.25) is 0 Å². The summed E-state index contributed by atoms with van der Waals surface area (Å²) in [7, 11) is 1.59. The van der Waals surface area contributed by atoms with Crippen LogP contribution in [0.15, 0.2) is 11.6 Å². The number of ether oxygens (including phenoxy) is 2. The lowest BCUT2D eigenvalue weighted by atomic mass is 9.88. The van der Waals surface area contributed by atoms with Gasteiger partial charge in [0.2, 0.25) is 0 Å². The van der Waals surface area contributed by atoms with E-state index in [1.807, 2.05) is 0 Å². The van der Waals surface area contributed by atoms with E-state index in [1.165, 1.54) is 5.57 Å². The highest BCUT2D eigenvalue weighted by molar-refractivity contribution is 5.96. The van der Waals surface area contributed by atoms with E-state index in [1.54, 1.807) is 7.11 Å². The summed E-state index contributed by atoms with van der Waals surface area (Å²) in [5.41, 5.74) is -0.266. The maximum absolute atomic E-state index is 12.3. The van der Waals surface area contributed by atoms with E-state index in [2.05, 4.69) is 26.8 Å². The van der Waals surface area contributed by atoms with Crippen molar-refractivity contribution in [1.29, 1.82) is 0 Å². The lowest BCUT2D eigenvalue weighted by Crippen LogP contribution is -2.31. The Morgan fingerprint density at radius 3 is 2.75 bits per heavy atom. The molecule has 0 radical (unpaired) electrons. The number of carbonyl (C=O) groups is 1.